The number of guanidine groups is 1. The molecule has 1 unspecified atom stereocenters. The summed E-state index contributed by atoms with van der Waals surface area (Å²) in [5.74, 6) is 0.278. The fourth-order valence-corrected chi connectivity index (χ4v) is 4.70. The van der Waals surface area contributed by atoms with Gasteiger partial charge < -0.3 is 16.2 Å². The van der Waals surface area contributed by atoms with E-state index >= 15 is 0 Å². The Morgan fingerprint density at radius 3 is 2.16 bits per heavy atom. The van der Waals surface area contributed by atoms with Crippen LogP contribution in [0.4, 0.5) is 0 Å². The number of hydrogen-bond donors (Lipinski definition) is 3. The highest BCUT2D eigenvalue weighted by Crippen LogP contribution is 2.55. The lowest BCUT2D eigenvalue weighted by molar-refractivity contribution is -0.100. The minimum atomic E-state index is -1.19. The van der Waals surface area contributed by atoms with Crippen molar-refractivity contribution in [1.82, 2.24) is 5.32 Å². The molecule has 2 aromatic carbocycles. The van der Waals surface area contributed by atoms with Crippen molar-refractivity contribution >= 4 is 5.96 Å². The van der Waals surface area contributed by atoms with Gasteiger partial charge >= 0.3 is 0 Å². The van der Waals surface area contributed by atoms with E-state index in [0.717, 1.165) is 37.7 Å². The maximum absolute atomic E-state index is 11.9. The van der Waals surface area contributed by atoms with Gasteiger partial charge in [0.05, 0.1) is 0 Å². The van der Waals surface area contributed by atoms with Gasteiger partial charge in [0.2, 0.25) is 0 Å². The quantitative estimate of drug-likeness (QED) is 0.426. The number of benzene rings is 2. The van der Waals surface area contributed by atoms with Crippen molar-refractivity contribution in [3.63, 3.8) is 0 Å². The fraction of sp³-hybridized carbons (Fsp3) is 0.381. The van der Waals surface area contributed by atoms with Crippen LogP contribution in [0.5, 0.6) is 0 Å². The Kier molecular flexibility index (Phi) is 3.80. The molecule has 0 aromatic heterocycles. The summed E-state index contributed by atoms with van der Waals surface area (Å²) in [6, 6.07) is 16.8. The lowest BCUT2D eigenvalue weighted by Crippen LogP contribution is -2.57. The van der Waals surface area contributed by atoms with E-state index in [1.54, 1.807) is 7.05 Å². The van der Waals surface area contributed by atoms with Crippen LogP contribution in [-0.2, 0) is 25.0 Å². The third-order valence-electron chi connectivity index (χ3n) is 6.12. The highest BCUT2D eigenvalue weighted by molar-refractivity contribution is 5.79. The van der Waals surface area contributed by atoms with Gasteiger partial charge in [0.1, 0.15) is 0 Å². The Morgan fingerprint density at radius 2 is 1.56 bits per heavy atom. The molecule has 0 aliphatic heterocycles. The fourth-order valence-electron chi connectivity index (χ4n) is 4.70. The minimum absolute atomic E-state index is 0.278. The molecule has 0 amide bonds. The number of aliphatic imine (C=N–C) groups is 1. The average molecular weight is 335 g/mol. The number of nitrogens with two attached hydrogens (primary N) is 1. The Morgan fingerprint density at radius 1 is 1.00 bits per heavy atom. The van der Waals surface area contributed by atoms with E-state index in [9.17, 15) is 5.11 Å². The number of nitrogens with one attached hydrogen (secondary N) is 1. The molecule has 4 rings (SSSR count). The molecule has 4 heteroatoms. The summed E-state index contributed by atoms with van der Waals surface area (Å²) in [5, 5.41) is 15.0. The van der Waals surface area contributed by atoms with Crippen molar-refractivity contribution in [2.24, 2.45) is 16.1 Å². The van der Waals surface area contributed by atoms with Crippen molar-refractivity contribution in [2.45, 2.75) is 37.8 Å². The summed E-state index contributed by atoms with van der Waals surface area (Å²) in [4.78, 5) is 4.03. The van der Waals surface area contributed by atoms with E-state index in [2.05, 4.69) is 40.6 Å². The van der Waals surface area contributed by atoms with Crippen LogP contribution >= 0.6 is 0 Å². The van der Waals surface area contributed by atoms with Crippen molar-refractivity contribution in [3.8, 4) is 0 Å². The molecule has 130 valence electrons. The molecule has 0 fully saturated rings. The predicted octanol–water partition coefficient (Wildman–Crippen LogP) is 2.49. The number of hydrogen-bond acceptors (Lipinski definition) is 2. The second kappa shape index (κ2) is 5.88. The molecule has 0 saturated heterocycles. The first kappa shape index (κ1) is 16.2. The molecule has 25 heavy (non-hydrogen) atoms. The van der Waals surface area contributed by atoms with Crippen molar-refractivity contribution < 1.29 is 5.11 Å². The Hall–Kier alpha value is -2.33. The molecule has 2 aromatic rings. The monoisotopic (exact) mass is 335 g/mol. The molecule has 2 aliphatic rings. The molecule has 1 spiro atoms. The van der Waals surface area contributed by atoms with Gasteiger partial charge in [-0.25, -0.2) is 0 Å². The lowest BCUT2D eigenvalue weighted by Gasteiger charge is -2.43. The van der Waals surface area contributed by atoms with Gasteiger partial charge in [-0.3, -0.25) is 4.99 Å². The normalized spacial score (nSPS) is 24.5. The molecule has 4 N–H and O–H groups in total. The minimum Gasteiger partial charge on any atom is -0.370 e. The van der Waals surface area contributed by atoms with Crippen LogP contribution in [0.1, 0.15) is 35.1 Å². The van der Waals surface area contributed by atoms with Crippen LogP contribution in [0, 0.1) is 5.41 Å². The highest BCUT2D eigenvalue weighted by atomic mass is 16.3. The topological polar surface area (TPSA) is 70.6 Å². The molecular weight excluding hydrogens is 310 g/mol. The standard InChI is InChI=1S/C21H25N3O/c1-23-19(22)24-21(25)18-9-5-4-8-17(18)14-20(21)12-10-15-6-2-3-7-16(15)11-13-20/h2-9,25H,10-14H2,1H3,(H3,22,23,24). The van der Waals surface area contributed by atoms with E-state index in [4.69, 9.17) is 5.73 Å². The summed E-state index contributed by atoms with van der Waals surface area (Å²) in [5.41, 5.74) is 9.45. The largest absolute Gasteiger partial charge is 0.370 e. The second-order valence-electron chi connectivity index (χ2n) is 7.33. The Labute approximate surface area is 148 Å². The van der Waals surface area contributed by atoms with Crippen molar-refractivity contribution in [1.29, 1.82) is 0 Å². The summed E-state index contributed by atoms with van der Waals surface area (Å²) < 4.78 is 0. The van der Waals surface area contributed by atoms with Crippen LogP contribution in [0.2, 0.25) is 0 Å². The van der Waals surface area contributed by atoms with E-state index in [0.29, 0.717) is 0 Å². The van der Waals surface area contributed by atoms with Gasteiger partial charge in [0.15, 0.2) is 11.7 Å². The van der Waals surface area contributed by atoms with Crippen LogP contribution in [0.15, 0.2) is 53.5 Å². The SMILES string of the molecule is CN=C(N)NC1(O)c2ccccc2CC12CCc1ccccc1CC2. The first-order valence-corrected chi connectivity index (χ1v) is 8.96. The molecule has 2 aliphatic carbocycles. The van der Waals surface area contributed by atoms with Gasteiger partial charge in [-0.05, 0) is 48.8 Å². The van der Waals surface area contributed by atoms with Gasteiger partial charge in [-0.15, -0.1) is 0 Å². The number of aliphatic hydroxyl groups is 1. The summed E-state index contributed by atoms with van der Waals surface area (Å²) in [6.45, 7) is 0. The first-order valence-electron chi connectivity index (χ1n) is 8.96. The van der Waals surface area contributed by atoms with E-state index in [-0.39, 0.29) is 11.4 Å². The average Bonchev–Trinajstić information content (AvgIpc) is 2.75. The molecule has 0 saturated carbocycles. The summed E-state index contributed by atoms with van der Waals surface area (Å²) >= 11 is 0. The number of fused-ring (bicyclic) bond motifs is 2. The molecule has 4 nitrogen and oxygen atoms in total. The number of aryl methyl sites for hydroxylation is 2. The number of rotatable bonds is 1. The smallest absolute Gasteiger partial charge is 0.190 e. The molecular formula is C21H25N3O. The third kappa shape index (κ3) is 2.44. The first-order chi connectivity index (χ1) is 12.1. The Bertz CT molecular complexity index is 802. The summed E-state index contributed by atoms with van der Waals surface area (Å²) in [7, 11) is 1.64. The van der Waals surface area contributed by atoms with E-state index in [1.165, 1.54) is 16.7 Å². The maximum Gasteiger partial charge on any atom is 0.190 e. The third-order valence-corrected chi connectivity index (χ3v) is 6.12. The predicted molar refractivity (Wildman–Crippen MR) is 100 cm³/mol. The molecule has 0 bridgehead atoms. The van der Waals surface area contributed by atoms with Crippen molar-refractivity contribution in [2.75, 3.05) is 7.05 Å². The van der Waals surface area contributed by atoms with Gasteiger partial charge in [0, 0.05) is 18.0 Å². The van der Waals surface area contributed by atoms with Crippen LogP contribution in [-0.4, -0.2) is 18.1 Å². The Balaban J connectivity index is 1.78. The zero-order valence-corrected chi connectivity index (χ0v) is 14.6. The molecule has 0 heterocycles. The van der Waals surface area contributed by atoms with Crippen LogP contribution < -0.4 is 11.1 Å². The number of nitrogens with zero attached hydrogens (tertiary/aromatic N) is 1. The summed E-state index contributed by atoms with van der Waals surface area (Å²) in [6.07, 6.45) is 4.63. The lowest BCUT2D eigenvalue weighted by atomic mass is 9.71. The maximum atomic E-state index is 11.9. The zero-order chi connectivity index (χ0) is 17.5. The van der Waals surface area contributed by atoms with Crippen molar-refractivity contribution in [3.05, 3.63) is 70.8 Å². The van der Waals surface area contributed by atoms with Gasteiger partial charge in [0.25, 0.3) is 0 Å². The van der Waals surface area contributed by atoms with E-state index < -0.39 is 5.72 Å². The van der Waals surface area contributed by atoms with Gasteiger partial charge in [-0.2, -0.15) is 0 Å². The zero-order valence-electron chi connectivity index (χ0n) is 14.6. The van der Waals surface area contributed by atoms with Gasteiger partial charge in [-0.1, -0.05) is 48.5 Å². The van der Waals surface area contributed by atoms with Crippen LogP contribution in [0.25, 0.3) is 0 Å². The second-order valence-corrected chi connectivity index (χ2v) is 7.33. The van der Waals surface area contributed by atoms with Crippen LogP contribution in [0.3, 0.4) is 0 Å². The molecule has 1 atom stereocenters. The van der Waals surface area contributed by atoms with E-state index in [1.807, 2.05) is 18.2 Å². The molecule has 0 radical (unpaired) electrons. The highest BCUT2D eigenvalue weighted by Gasteiger charge is 2.57.